The summed E-state index contributed by atoms with van der Waals surface area (Å²) in [7, 11) is 0. The van der Waals surface area contributed by atoms with Gasteiger partial charge in [-0.2, -0.15) is 0 Å². The fraction of sp³-hybridized carbons (Fsp3) is 0.625. The molecule has 19 heavy (non-hydrogen) atoms. The average molecular weight is 281 g/mol. The zero-order chi connectivity index (χ0) is 13.7. The molecule has 1 aromatic carbocycles. The Kier molecular flexibility index (Phi) is 5.68. The number of rotatable bonds is 5. The lowest BCUT2D eigenvalue weighted by molar-refractivity contribution is 0.316. The quantitative estimate of drug-likeness (QED) is 0.856. The Morgan fingerprint density at radius 1 is 1.05 bits per heavy atom. The van der Waals surface area contributed by atoms with Crippen molar-refractivity contribution in [2.24, 2.45) is 17.4 Å². The molecule has 0 amide bonds. The van der Waals surface area contributed by atoms with Crippen LogP contribution in [0.25, 0.3) is 0 Å². The lowest BCUT2D eigenvalue weighted by Gasteiger charge is -2.25. The molecule has 0 heterocycles. The molecular formula is C16H25ClN2. The summed E-state index contributed by atoms with van der Waals surface area (Å²) in [6.07, 6.45) is 9.20. The summed E-state index contributed by atoms with van der Waals surface area (Å²) in [4.78, 5) is 0. The summed E-state index contributed by atoms with van der Waals surface area (Å²) in [5.74, 6) is 0.872. The van der Waals surface area contributed by atoms with Crippen LogP contribution in [0.4, 0.5) is 0 Å². The van der Waals surface area contributed by atoms with Crippen LogP contribution in [0, 0.1) is 5.92 Å². The average Bonchev–Trinajstić information content (AvgIpc) is 2.46. The van der Waals surface area contributed by atoms with E-state index in [0.717, 1.165) is 22.9 Å². The van der Waals surface area contributed by atoms with Crippen LogP contribution in [0.1, 0.15) is 56.6 Å². The third kappa shape index (κ3) is 4.48. The van der Waals surface area contributed by atoms with E-state index in [9.17, 15) is 0 Å². The van der Waals surface area contributed by atoms with Crippen molar-refractivity contribution in [1.29, 1.82) is 0 Å². The van der Waals surface area contributed by atoms with Crippen molar-refractivity contribution >= 4 is 11.6 Å². The van der Waals surface area contributed by atoms with Gasteiger partial charge in [-0.3, -0.25) is 0 Å². The fourth-order valence-corrected chi connectivity index (χ4v) is 3.14. The molecule has 2 unspecified atom stereocenters. The van der Waals surface area contributed by atoms with Crippen molar-refractivity contribution in [3.8, 4) is 0 Å². The predicted molar refractivity (Wildman–Crippen MR) is 82.2 cm³/mol. The van der Waals surface area contributed by atoms with E-state index in [1.54, 1.807) is 0 Å². The number of benzene rings is 1. The molecule has 3 heteroatoms. The van der Waals surface area contributed by atoms with Crippen LogP contribution in [0.5, 0.6) is 0 Å². The molecule has 2 rings (SSSR count). The minimum atomic E-state index is -0.0825. The first-order valence-corrected chi connectivity index (χ1v) is 7.81. The molecular weight excluding hydrogens is 256 g/mol. The number of nitrogens with two attached hydrogens (primary N) is 2. The summed E-state index contributed by atoms with van der Waals surface area (Å²) in [5.41, 5.74) is 13.6. The van der Waals surface area contributed by atoms with Gasteiger partial charge in [0.15, 0.2) is 0 Å². The minimum Gasteiger partial charge on any atom is -0.326 e. The normalized spacial score (nSPS) is 20.2. The van der Waals surface area contributed by atoms with Gasteiger partial charge in [0.2, 0.25) is 0 Å². The van der Waals surface area contributed by atoms with Gasteiger partial charge >= 0.3 is 0 Å². The molecule has 1 aliphatic carbocycles. The summed E-state index contributed by atoms with van der Waals surface area (Å²) in [5, 5.41) is 0.742. The van der Waals surface area contributed by atoms with Gasteiger partial charge < -0.3 is 11.5 Å². The highest BCUT2D eigenvalue weighted by Gasteiger charge is 2.19. The van der Waals surface area contributed by atoms with Crippen LogP contribution >= 0.6 is 11.6 Å². The lowest BCUT2D eigenvalue weighted by atomic mass is 9.84. The molecule has 1 aromatic rings. The molecule has 0 aliphatic heterocycles. The Labute approximate surface area is 121 Å². The molecule has 1 fully saturated rings. The fourth-order valence-electron chi connectivity index (χ4n) is 3.02. The zero-order valence-corrected chi connectivity index (χ0v) is 12.3. The van der Waals surface area contributed by atoms with E-state index in [-0.39, 0.29) is 12.1 Å². The van der Waals surface area contributed by atoms with Crippen molar-refractivity contribution in [2.75, 3.05) is 0 Å². The van der Waals surface area contributed by atoms with Crippen LogP contribution in [-0.4, -0.2) is 6.04 Å². The molecule has 0 saturated heterocycles. The Bertz CT molecular complexity index is 371. The maximum Gasteiger partial charge on any atom is 0.0448 e. The highest BCUT2D eigenvalue weighted by molar-refractivity contribution is 6.30. The Morgan fingerprint density at radius 3 is 2.32 bits per heavy atom. The van der Waals surface area contributed by atoms with E-state index < -0.39 is 0 Å². The molecule has 0 spiro atoms. The smallest absolute Gasteiger partial charge is 0.0448 e. The highest BCUT2D eigenvalue weighted by Crippen LogP contribution is 2.29. The van der Waals surface area contributed by atoms with Gasteiger partial charge in [0.25, 0.3) is 0 Å². The van der Waals surface area contributed by atoms with Gasteiger partial charge in [0.1, 0.15) is 0 Å². The summed E-state index contributed by atoms with van der Waals surface area (Å²) < 4.78 is 0. The van der Waals surface area contributed by atoms with Gasteiger partial charge in [-0.15, -0.1) is 0 Å². The SMILES string of the molecule is NC(CCC1CCCCC1)C(N)c1ccc(Cl)cc1. The van der Waals surface area contributed by atoms with Crippen LogP contribution in [0.3, 0.4) is 0 Å². The van der Waals surface area contributed by atoms with Crippen LogP contribution in [-0.2, 0) is 0 Å². The van der Waals surface area contributed by atoms with Crippen LogP contribution < -0.4 is 11.5 Å². The van der Waals surface area contributed by atoms with Crippen molar-refractivity contribution in [2.45, 2.75) is 57.0 Å². The molecule has 2 nitrogen and oxygen atoms in total. The molecule has 4 N–H and O–H groups in total. The first-order valence-electron chi connectivity index (χ1n) is 7.43. The van der Waals surface area contributed by atoms with Crippen molar-refractivity contribution < 1.29 is 0 Å². The second kappa shape index (κ2) is 7.28. The number of hydrogen-bond acceptors (Lipinski definition) is 2. The van der Waals surface area contributed by atoms with E-state index in [1.165, 1.54) is 38.5 Å². The lowest BCUT2D eigenvalue weighted by Crippen LogP contribution is -2.34. The first kappa shape index (κ1) is 14.8. The largest absolute Gasteiger partial charge is 0.326 e. The number of hydrogen-bond donors (Lipinski definition) is 2. The molecule has 0 radical (unpaired) electrons. The van der Waals surface area contributed by atoms with Gasteiger partial charge in [-0.05, 0) is 36.5 Å². The van der Waals surface area contributed by atoms with E-state index >= 15 is 0 Å². The van der Waals surface area contributed by atoms with Gasteiger partial charge in [0, 0.05) is 17.1 Å². The highest BCUT2D eigenvalue weighted by atomic mass is 35.5. The second-order valence-electron chi connectivity index (χ2n) is 5.82. The topological polar surface area (TPSA) is 52.0 Å². The zero-order valence-electron chi connectivity index (χ0n) is 11.5. The third-order valence-electron chi connectivity index (χ3n) is 4.35. The summed E-state index contributed by atoms with van der Waals surface area (Å²) in [6.45, 7) is 0. The third-order valence-corrected chi connectivity index (χ3v) is 4.60. The van der Waals surface area contributed by atoms with Gasteiger partial charge in [-0.1, -0.05) is 55.8 Å². The Hall–Kier alpha value is -0.570. The van der Waals surface area contributed by atoms with E-state index in [0.29, 0.717) is 0 Å². The molecule has 1 aliphatic rings. The Balaban J connectivity index is 1.81. The standard InChI is InChI=1S/C16H25ClN2/c17-14-9-7-13(8-10-14)16(19)15(18)11-6-12-4-2-1-3-5-12/h7-10,12,15-16H,1-6,11,18-19H2. The van der Waals surface area contributed by atoms with Crippen molar-refractivity contribution in [3.05, 3.63) is 34.9 Å². The monoisotopic (exact) mass is 280 g/mol. The molecule has 0 bridgehead atoms. The predicted octanol–water partition coefficient (Wildman–Crippen LogP) is 4.03. The second-order valence-corrected chi connectivity index (χ2v) is 6.26. The first-order chi connectivity index (χ1) is 9.16. The Morgan fingerprint density at radius 2 is 1.68 bits per heavy atom. The van der Waals surface area contributed by atoms with E-state index in [2.05, 4.69) is 0 Å². The molecule has 0 aromatic heterocycles. The van der Waals surface area contributed by atoms with Crippen LogP contribution in [0.2, 0.25) is 5.02 Å². The maximum absolute atomic E-state index is 6.25. The van der Waals surface area contributed by atoms with E-state index in [1.807, 2.05) is 24.3 Å². The van der Waals surface area contributed by atoms with Gasteiger partial charge in [-0.25, -0.2) is 0 Å². The summed E-state index contributed by atoms with van der Waals surface area (Å²) in [6, 6.07) is 7.68. The van der Waals surface area contributed by atoms with E-state index in [4.69, 9.17) is 23.1 Å². The minimum absolute atomic E-state index is 0.0445. The molecule has 1 saturated carbocycles. The van der Waals surface area contributed by atoms with Crippen molar-refractivity contribution in [1.82, 2.24) is 0 Å². The molecule has 2 atom stereocenters. The van der Waals surface area contributed by atoms with Crippen molar-refractivity contribution in [3.63, 3.8) is 0 Å². The molecule has 106 valence electrons. The number of halogens is 1. The van der Waals surface area contributed by atoms with Crippen LogP contribution in [0.15, 0.2) is 24.3 Å². The summed E-state index contributed by atoms with van der Waals surface area (Å²) >= 11 is 5.89. The maximum atomic E-state index is 6.25. The van der Waals surface area contributed by atoms with Gasteiger partial charge in [0.05, 0.1) is 0 Å².